The van der Waals surface area contributed by atoms with E-state index in [1.165, 1.54) is 0 Å². The molecule has 0 bridgehead atoms. The first-order valence-corrected chi connectivity index (χ1v) is 5.70. The molecule has 8 heteroatoms. The maximum atomic E-state index is 11.0. The van der Waals surface area contributed by atoms with Crippen LogP contribution in [0.5, 0.6) is 0 Å². The maximum absolute atomic E-state index is 11.0. The summed E-state index contributed by atoms with van der Waals surface area (Å²) < 4.78 is 5.00. The molecule has 0 aromatic heterocycles. The Morgan fingerprint density at radius 2 is 1.94 bits per heavy atom. The summed E-state index contributed by atoms with van der Waals surface area (Å²) in [4.78, 5) is 11.0. The maximum Gasteiger partial charge on any atom is 0.235 e. The zero-order chi connectivity index (χ0) is 13.0. The molecule has 1 heterocycles. The molecule has 0 saturated carbocycles. The Morgan fingerprint density at radius 1 is 1.29 bits per heavy atom. The highest BCUT2D eigenvalue weighted by Gasteiger charge is 2.44. The van der Waals surface area contributed by atoms with Crippen molar-refractivity contribution in [1.29, 1.82) is 0 Å². The van der Waals surface area contributed by atoms with Gasteiger partial charge in [0.2, 0.25) is 5.91 Å². The average molecular weight is 270 g/mol. The fourth-order valence-electron chi connectivity index (χ4n) is 1.69. The van der Waals surface area contributed by atoms with Gasteiger partial charge in [-0.3, -0.25) is 4.79 Å². The predicted molar refractivity (Wildman–Crippen MR) is 57.2 cm³/mol. The van der Waals surface area contributed by atoms with Crippen LogP contribution in [0.2, 0.25) is 0 Å². The number of nitrogens with one attached hydrogen (secondary N) is 1. The lowest BCUT2D eigenvalue weighted by molar-refractivity contribution is -0.249. The van der Waals surface area contributed by atoms with Gasteiger partial charge in [-0.2, -0.15) is 0 Å². The van der Waals surface area contributed by atoms with E-state index in [0.29, 0.717) is 0 Å². The monoisotopic (exact) mass is 269 g/mol. The zero-order valence-corrected chi connectivity index (χ0v) is 9.75. The van der Waals surface area contributed by atoms with Gasteiger partial charge >= 0.3 is 0 Å². The van der Waals surface area contributed by atoms with E-state index in [4.69, 9.17) is 21.4 Å². The molecule has 0 aliphatic carbocycles. The van der Waals surface area contributed by atoms with Crippen LogP contribution < -0.4 is 5.32 Å². The average Bonchev–Trinajstić information content (AvgIpc) is 2.31. The van der Waals surface area contributed by atoms with E-state index in [1.807, 2.05) is 0 Å². The third-order valence-corrected chi connectivity index (χ3v) is 2.83. The van der Waals surface area contributed by atoms with E-state index in [2.05, 4.69) is 5.32 Å². The van der Waals surface area contributed by atoms with Gasteiger partial charge in [0.1, 0.15) is 24.1 Å². The minimum absolute atomic E-state index is 0.0749. The van der Waals surface area contributed by atoms with Crippen LogP contribution in [0.15, 0.2) is 0 Å². The standard InChI is InChI=1S/C9H16ClNO6/c10-3-5(13)11-6-8(15)7(14)4(1-2-12)17-9(6)16/h4,6-9,12,14-16H,1-3H2,(H,11,13)/t4?,6?,7?,8-,9?/m1/s1. The third kappa shape index (κ3) is 3.51. The minimum Gasteiger partial charge on any atom is -0.396 e. The first kappa shape index (κ1) is 14.6. The molecule has 7 nitrogen and oxygen atoms in total. The Hall–Kier alpha value is -0.440. The fraction of sp³-hybridized carbons (Fsp3) is 0.889. The summed E-state index contributed by atoms with van der Waals surface area (Å²) in [5, 5.41) is 39.9. The molecule has 1 fully saturated rings. The van der Waals surface area contributed by atoms with Crippen LogP contribution >= 0.6 is 11.6 Å². The quantitative estimate of drug-likeness (QED) is 0.361. The molecule has 0 aromatic rings. The molecular weight excluding hydrogens is 254 g/mol. The molecule has 1 aliphatic heterocycles. The van der Waals surface area contributed by atoms with E-state index in [0.717, 1.165) is 0 Å². The predicted octanol–water partition coefficient (Wildman–Crippen LogP) is -2.47. The van der Waals surface area contributed by atoms with Crippen LogP contribution in [-0.4, -0.2) is 69.5 Å². The van der Waals surface area contributed by atoms with Gasteiger partial charge in [-0.15, -0.1) is 11.6 Å². The number of ether oxygens (including phenoxy) is 1. The van der Waals surface area contributed by atoms with Gasteiger partial charge in [-0.05, 0) is 6.42 Å². The number of halogens is 1. The van der Waals surface area contributed by atoms with Crippen LogP contribution in [-0.2, 0) is 9.53 Å². The Kier molecular flexibility index (Phi) is 5.57. The Morgan fingerprint density at radius 3 is 2.47 bits per heavy atom. The van der Waals surface area contributed by atoms with Crippen LogP contribution in [0.25, 0.3) is 0 Å². The van der Waals surface area contributed by atoms with Crippen molar-refractivity contribution in [3.8, 4) is 0 Å². The van der Waals surface area contributed by atoms with Crippen molar-refractivity contribution in [3.63, 3.8) is 0 Å². The molecule has 1 aliphatic rings. The fourth-order valence-corrected chi connectivity index (χ4v) is 1.77. The van der Waals surface area contributed by atoms with Crippen LogP contribution in [0, 0.1) is 0 Å². The smallest absolute Gasteiger partial charge is 0.235 e. The second kappa shape index (κ2) is 6.48. The second-order valence-electron chi connectivity index (χ2n) is 3.79. The molecular formula is C9H16ClNO6. The van der Waals surface area contributed by atoms with E-state index < -0.39 is 36.6 Å². The second-order valence-corrected chi connectivity index (χ2v) is 4.05. The lowest BCUT2D eigenvalue weighted by Gasteiger charge is -2.40. The van der Waals surface area contributed by atoms with Crippen molar-refractivity contribution >= 4 is 17.5 Å². The number of alkyl halides is 1. The largest absolute Gasteiger partial charge is 0.396 e. The highest BCUT2D eigenvalue weighted by atomic mass is 35.5. The number of carbonyl (C=O) groups excluding carboxylic acids is 1. The Balaban J connectivity index is 2.66. The molecule has 17 heavy (non-hydrogen) atoms. The highest BCUT2D eigenvalue weighted by molar-refractivity contribution is 6.27. The summed E-state index contributed by atoms with van der Waals surface area (Å²) in [6.07, 6.45) is -4.95. The van der Waals surface area contributed by atoms with E-state index in [-0.39, 0.29) is 18.9 Å². The summed E-state index contributed by atoms with van der Waals surface area (Å²) in [6.45, 7) is -0.250. The Labute approximate surface area is 103 Å². The number of carbonyl (C=O) groups is 1. The van der Waals surface area contributed by atoms with Gasteiger partial charge in [0.05, 0.1) is 6.10 Å². The first-order chi connectivity index (χ1) is 8.01. The molecule has 1 saturated heterocycles. The summed E-state index contributed by atoms with van der Waals surface area (Å²) in [7, 11) is 0. The van der Waals surface area contributed by atoms with Crippen molar-refractivity contribution in [2.45, 2.75) is 37.1 Å². The summed E-state index contributed by atoms with van der Waals surface area (Å²) >= 11 is 5.27. The highest BCUT2D eigenvalue weighted by Crippen LogP contribution is 2.21. The lowest BCUT2D eigenvalue weighted by atomic mass is 9.95. The number of amides is 1. The third-order valence-electron chi connectivity index (χ3n) is 2.58. The van der Waals surface area contributed by atoms with Crippen molar-refractivity contribution in [3.05, 3.63) is 0 Å². The van der Waals surface area contributed by atoms with Gasteiger partial charge < -0.3 is 30.5 Å². The first-order valence-electron chi connectivity index (χ1n) is 5.17. The summed E-state index contributed by atoms with van der Waals surface area (Å²) in [5.74, 6) is -0.919. The molecule has 5 atom stereocenters. The number of aliphatic hydroxyl groups excluding tert-OH is 4. The number of hydrogen-bond donors (Lipinski definition) is 5. The molecule has 0 radical (unpaired) electrons. The molecule has 0 spiro atoms. The SMILES string of the molecule is O=C(CCl)NC1C(O)OC(CCO)C(O)[C@@H]1O. The normalized spacial score (nSPS) is 37.8. The van der Waals surface area contributed by atoms with Crippen molar-refractivity contribution in [2.24, 2.45) is 0 Å². The van der Waals surface area contributed by atoms with E-state index in [9.17, 15) is 20.1 Å². The summed E-state index contributed by atoms with van der Waals surface area (Å²) in [6, 6.07) is -1.15. The molecule has 0 aromatic carbocycles. The van der Waals surface area contributed by atoms with Crippen LogP contribution in [0.1, 0.15) is 6.42 Å². The topological polar surface area (TPSA) is 119 Å². The molecule has 1 rings (SSSR count). The van der Waals surface area contributed by atoms with Crippen molar-refractivity contribution in [1.82, 2.24) is 5.32 Å². The number of aliphatic hydroxyl groups is 4. The zero-order valence-electron chi connectivity index (χ0n) is 8.99. The van der Waals surface area contributed by atoms with Crippen molar-refractivity contribution < 1.29 is 30.0 Å². The molecule has 5 N–H and O–H groups in total. The number of rotatable bonds is 4. The lowest BCUT2D eigenvalue weighted by Crippen LogP contribution is -2.63. The van der Waals surface area contributed by atoms with Gasteiger partial charge in [0.25, 0.3) is 0 Å². The molecule has 100 valence electrons. The van der Waals surface area contributed by atoms with Gasteiger partial charge in [0.15, 0.2) is 6.29 Å². The van der Waals surface area contributed by atoms with Gasteiger partial charge in [-0.1, -0.05) is 0 Å². The molecule has 4 unspecified atom stereocenters. The van der Waals surface area contributed by atoms with E-state index in [1.54, 1.807) is 0 Å². The van der Waals surface area contributed by atoms with Gasteiger partial charge in [0, 0.05) is 6.61 Å². The van der Waals surface area contributed by atoms with Crippen LogP contribution in [0.4, 0.5) is 0 Å². The Bertz CT molecular complexity index is 266. The van der Waals surface area contributed by atoms with Crippen LogP contribution in [0.3, 0.4) is 0 Å². The van der Waals surface area contributed by atoms with Gasteiger partial charge in [-0.25, -0.2) is 0 Å². The number of hydrogen-bond acceptors (Lipinski definition) is 6. The van der Waals surface area contributed by atoms with E-state index >= 15 is 0 Å². The minimum atomic E-state index is -1.46. The molecule has 1 amide bonds. The summed E-state index contributed by atoms with van der Waals surface area (Å²) in [5.41, 5.74) is 0. The van der Waals surface area contributed by atoms with Crippen molar-refractivity contribution in [2.75, 3.05) is 12.5 Å².